The van der Waals surface area contributed by atoms with Crippen molar-refractivity contribution < 1.29 is 9.30 Å². The Kier molecular flexibility index (Phi) is 29.5. The molecule has 1 aromatic carbocycles. The monoisotopic (exact) mass is 726 g/mol. The molecular weight excluding hydrogens is 644 g/mol. The highest BCUT2D eigenvalue weighted by Crippen LogP contribution is 2.27. The van der Waals surface area contributed by atoms with Gasteiger partial charge in [0.2, 0.25) is 0 Å². The zero-order valence-electron chi connectivity index (χ0n) is 34.1. The molecule has 0 unspecified atom stereocenters. The SMILES string of the molecule is CCCCCCCCCCCCCCCCOc1ccc(CN(CCCCCCCCCCCCCCCC)Cc2ccc[n+](CC)c2)cc1Cl. The van der Waals surface area contributed by atoms with Crippen LogP contribution in [0.4, 0.5) is 0 Å². The van der Waals surface area contributed by atoms with E-state index in [2.05, 4.69) is 73.0 Å². The van der Waals surface area contributed by atoms with E-state index in [-0.39, 0.29) is 0 Å². The second-order valence-corrected chi connectivity index (χ2v) is 16.0. The molecule has 0 bridgehead atoms. The van der Waals surface area contributed by atoms with Gasteiger partial charge in [0.25, 0.3) is 0 Å². The number of aryl methyl sites for hydroxylation is 1. The number of halogens is 1. The largest absolute Gasteiger partial charge is 0.492 e. The number of nitrogens with zero attached hydrogens (tertiary/aromatic N) is 2. The van der Waals surface area contributed by atoms with Crippen LogP contribution in [0.2, 0.25) is 5.02 Å². The molecule has 292 valence electrons. The maximum Gasteiger partial charge on any atom is 0.173 e. The average Bonchev–Trinajstić information content (AvgIpc) is 3.14. The van der Waals surface area contributed by atoms with Crippen LogP contribution in [0.1, 0.15) is 212 Å². The van der Waals surface area contributed by atoms with E-state index in [4.69, 9.17) is 16.3 Å². The first-order chi connectivity index (χ1) is 25.2. The molecule has 0 aliphatic carbocycles. The standard InChI is InChI=1S/C47H82ClN2O/c1-4-7-9-11-13-15-17-19-21-23-25-27-29-31-37-50(43-45-34-33-38-49(6-3)42-45)41-44-35-36-47(46(48)40-44)51-39-32-30-28-26-24-22-20-18-16-14-12-10-8-5-2/h33-36,38,40,42H,4-32,37,39,41,43H2,1-3H3/q+1. The van der Waals surface area contributed by atoms with E-state index < -0.39 is 0 Å². The van der Waals surface area contributed by atoms with Crippen LogP contribution in [0.15, 0.2) is 42.7 Å². The van der Waals surface area contributed by atoms with Gasteiger partial charge in [-0.25, -0.2) is 4.57 Å². The van der Waals surface area contributed by atoms with Gasteiger partial charge in [-0.15, -0.1) is 0 Å². The number of aromatic nitrogens is 1. The van der Waals surface area contributed by atoms with Crippen LogP contribution in [-0.2, 0) is 19.6 Å². The fourth-order valence-corrected chi connectivity index (χ4v) is 7.62. The topological polar surface area (TPSA) is 16.4 Å². The summed E-state index contributed by atoms with van der Waals surface area (Å²) in [6, 6.07) is 10.9. The summed E-state index contributed by atoms with van der Waals surface area (Å²) < 4.78 is 8.41. The van der Waals surface area contributed by atoms with Crippen molar-refractivity contribution in [3.8, 4) is 5.75 Å². The fraction of sp³-hybridized carbons (Fsp3) is 0.766. The molecule has 0 atom stereocenters. The van der Waals surface area contributed by atoms with E-state index in [9.17, 15) is 0 Å². The summed E-state index contributed by atoms with van der Waals surface area (Å²) in [7, 11) is 0. The summed E-state index contributed by atoms with van der Waals surface area (Å²) in [6.45, 7) is 11.6. The van der Waals surface area contributed by atoms with Gasteiger partial charge in [-0.3, -0.25) is 4.90 Å². The molecule has 0 saturated carbocycles. The molecule has 0 aliphatic rings. The Bertz CT molecular complexity index is 1060. The lowest BCUT2D eigenvalue weighted by molar-refractivity contribution is -0.694. The van der Waals surface area contributed by atoms with Gasteiger partial charge in [0.05, 0.1) is 11.6 Å². The minimum Gasteiger partial charge on any atom is -0.492 e. The fourth-order valence-electron chi connectivity index (χ4n) is 7.37. The van der Waals surface area contributed by atoms with E-state index in [0.717, 1.165) is 50.0 Å². The Morgan fingerprint density at radius 1 is 0.529 bits per heavy atom. The predicted octanol–water partition coefficient (Wildman–Crippen LogP) is 15.0. The Hall–Kier alpha value is -1.58. The summed E-state index contributed by atoms with van der Waals surface area (Å²) in [5.41, 5.74) is 2.65. The summed E-state index contributed by atoms with van der Waals surface area (Å²) >= 11 is 6.77. The highest BCUT2D eigenvalue weighted by molar-refractivity contribution is 6.32. The lowest BCUT2D eigenvalue weighted by Crippen LogP contribution is -2.33. The highest BCUT2D eigenvalue weighted by atomic mass is 35.5. The summed E-state index contributed by atoms with van der Waals surface area (Å²) in [5.74, 6) is 0.834. The number of unbranched alkanes of at least 4 members (excludes halogenated alkanes) is 26. The molecule has 3 nitrogen and oxygen atoms in total. The van der Waals surface area contributed by atoms with Gasteiger partial charge in [0, 0.05) is 24.7 Å². The highest BCUT2D eigenvalue weighted by Gasteiger charge is 2.12. The van der Waals surface area contributed by atoms with Gasteiger partial charge < -0.3 is 4.74 Å². The van der Waals surface area contributed by atoms with Crippen molar-refractivity contribution >= 4 is 11.6 Å². The normalized spacial score (nSPS) is 11.5. The molecule has 1 aromatic heterocycles. The molecule has 2 rings (SSSR count). The molecule has 0 amide bonds. The smallest absolute Gasteiger partial charge is 0.173 e. The minimum atomic E-state index is 0.748. The second-order valence-electron chi connectivity index (χ2n) is 15.6. The van der Waals surface area contributed by atoms with E-state index >= 15 is 0 Å². The van der Waals surface area contributed by atoms with Crippen LogP contribution in [0.5, 0.6) is 5.75 Å². The van der Waals surface area contributed by atoms with Crippen LogP contribution < -0.4 is 9.30 Å². The van der Waals surface area contributed by atoms with E-state index in [1.165, 1.54) is 184 Å². The van der Waals surface area contributed by atoms with Crippen molar-refractivity contribution in [1.29, 1.82) is 0 Å². The molecule has 4 heteroatoms. The molecule has 0 aliphatic heterocycles. The lowest BCUT2D eigenvalue weighted by atomic mass is 10.0. The van der Waals surface area contributed by atoms with Crippen molar-refractivity contribution in [2.24, 2.45) is 0 Å². The second kappa shape index (κ2) is 33.0. The summed E-state index contributed by atoms with van der Waals surface area (Å²) in [6.07, 6.45) is 43.3. The lowest BCUT2D eigenvalue weighted by Gasteiger charge is -2.22. The number of hydrogen-bond acceptors (Lipinski definition) is 2. The quantitative estimate of drug-likeness (QED) is 0.0514. The zero-order valence-corrected chi connectivity index (χ0v) is 34.8. The Labute approximate surface area is 322 Å². The van der Waals surface area contributed by atoms with Crippen LogP contribution in [-0.4, -0.2) is 18.1 Å². The van der Waals surface area contributed by atoms with Crippen LogP contribution >= 0.6 is 11.6 Å². The number of hydrogen-bond donors (Lipinski definition) is 0. The molecule has 0 N–H and O–H groups in total. The third kappa shape index (κ3) is 25.1. The Balaban J connectivity index is 1.64. The first kappa shape index (κ1) is 45.6. The zero-order chi connectivity index (χ0) is 36.5. The van der Waals surface area contributed by atoms with Crippen molar-refractivity contribution in [3.63, 3.8) is 0 Å². The molecule has 0 fully saturated rings. The molecule has 2 aromatic rings. The third-order valence-electron chi connectivity index (χ3n) is 10.7. The van der Waals surface area contributed by atoms with Crippen molar-refractivity contribution in [1.82, 2.24) is 4.90 Å². The minimum absolute atomic E-state index is 0.748. The van der Waals surface area contributed by atoms with Gasteiger partial charge in [0.15, 0.2) is 12.4 Å². The van der Waals surface area contributed by atoms with Crippen LogP contribution in [0.3, 0.4) is 0 Å². The van der Waals surface area contributed by atoms with Crippen molar-refractivity contribution in [2.75, 3.05) is 13.2 Å². The van der Waals surface area contributed by atoms with Crippen molar-refractivity contribution in [2.45, 2.75) is 220 Å². The molecule has 1 heterocycles. The number of benzene rings is 1. The van der Waals surface area contributed by atoms with Gasteiger partial charge in [-0.05, 0) is 50.1 Å². The van der Waals surface area contributed by atoms with E-state index in [0.29, 0.717) is 0 Å². The van der Waals surface area contributed by atoms with Crippen molar-refractivity contribution in [3.05, 3.63) is 58.9 Å². The Morgan fingerprint density at radius 2 is 0.980 bits per heavy atom. The number of pyridine rings is 1. The molecule has 51 heavy (non-hydrogen) atoms. The summed E-state index contributed by atoms with van der Waals surface area (Å²) in [4.78, 5) is 2.61. The number of rotatable bonds is 36. The first-order valence-corrected chi connectivity index (χ1v) is 22.7. The van der Waals surface area contributed by atoms with E-state index in [1.54, 1.807) is 0 Å². The Morgan fingerprint density at radius 3 is 1.45 bits per heavy atom. The number of ether oxygens (including phenoxy) is 1. The predicted molar refractivity (Wildman–Crippen MR) is 224 cm³/mol. The van der Waals surface area contributed by atoms with Gasteiger partial charge >= 0.3 is 0 Å². The maximum absolute atomic E-state index is 6.77. The van der Waals surface area contributed by atoms with Crippen LogP contribution in [0.25, 0.3) is 0 Å². The first-order valence-electron chi connectivity index (χ1n) is 22.3. The van der Waals surface area contributed by atoms with Crippen LogP contribution in [0, 0.1) is 0 Å². The summed E-state index contributed by atoms with van der Waals surface area (Å²) in [5, 5.41) is 0.748. The average molecular weight is 727 g/mol. The molecule has 0 spiro atoms. The molecule has 0 saturated heterocycles. The molecule has 0 radical (unpaired) electrons. The third-order valence-corrected chi connectivity index (χ3v) is 11.0. The van der Waals surface area contributed by atoms with Gasteiger partial charge in [-0.1, -0.05) is 198 Å². The van der Waals surface area contributed by atoms with Gasteiger partial charge in [-0.2, -0.15) is 0 Å². The van der Waals surface area contributed by atoms with E-state index in [1.807, 2.05) is 0 Å². The maximum atomic E-state index is 6.77. The molecular formula is C47H82ClN2O+. The van der Waals surface area contributed by atoms with Gasteiger partial charge in [0.1, 0.15) is 12.3 Å².